The van der Waals surface area contributed by atoms with Crippen LogP contribution in [0.5, 0.6) is 46.0 Å². The van der Waals surface area contributed by atoms with Crippen molar-refractivity contribution in [3.8, 4) is 46.0 Å². The molecule has 13 heteroatoms. The number of carbonyl (C=O) groups is 2. The lowest BCUT2D eigenvalue weighted by Crippen LogP contribution is -2.34. The van der Waals surface area contributed by atoms with Crippen molar-refractivity contribution >= 4 is 22.8 Å². The molecular formula is C78H73ClO12. The lowest BCUT2D eigenvalue weighted by molar-refractivity contribution is -0.152. The van der Waals surface area contributed by atoms with Gasteiger partial charge in [-0.15, -0.1) is 0 Å². The van der Waals surface area contributed by atoms with Gasteiger partial charge in [0.05, 0.1) is 6.10 Å². The fourth-order valence-electron chi connectivity index (χ4n) is 10.6. The van der Waals surface area contributed by atoms with Gasteiger partial charge in [-0.3, -0.25) is 9.59 Å². The first-order valence-electron chi connectivity index (χ1n) is 30.3. The molecule has 2 aliphatic heterocycles. The maximum Gasteiger partial charge on any atom is 0.303 e. The van der Waals surface area contributed by atoms with Gasteiger partial charge in [0.2, 0.25) is 5.24 Å². The molecule has 0 radical (unpaired) electrons. The predicted molar refractivity (Wildman–Crippen MR) is 352 cm³/mol. The van der Waals surface area contributed by atoms with Crippen LogP contribution >= 0.6 is 11.6 Å². The van der Waals surface area contributed by atoms with Gasteiger partial charge in [0.25, 0.3) is 0 Å². The van der Waals surface area contributed by atoms with Gasteiger partial charge in [0.15, 0.2) is 29.1 Å². The van der Waals surface area contributed by atoms with Gasteiger partial charge in [-0.05, 0) is 124 Å². The highest BCUT2D eigenvalue weighted by atomic mass is 35.5. The van der Waals surface area contributed by atoms with Gasteiger partial charge in [0.1, 0.15) is 74.8 Å². The molecule has 0 spiro atoms. The zero-order valence-corrected chi connectivity index (χ0v) is 52.1. The fourth-order valence-corrected chi connectivity index (χ4v) is 10.6. The van der Waals surface area contributed by atoms with E-state index in [1.54, 1.807) is 0 Å². The molecule has 2 heterocycles. The largest absolute Gasteiger partial charge is 0.488 e. The SMILES string of the molecule is CC(=O)Cl.CC(=O)O[C@@H]1Cc2c(OCc3ccccc3)cc(C)cc2O[C@@H]1c1ccc(OCc2ccccc2)c(OCc2ccccc2)c1.Cc1cc(OCc2ccccc2)c2c(c1)O[C@H](c1ccc(OCc3ccccc3)c(OCc3ccccc3)c1)[C@H](O)C2. The number of carbonyl (C=O) groups excluding carboxylic acids is 2. The second kappa shape index (κ2) is 31.9. The molecule has 4 atom stereocenters. The van der Waals surface area contributed by atoms with Crippen LogP contribution < -0.4 is 37.9 Å². The van der Waals surface area contributed by atoms with Crippen molar-refractivity contribution in [3.63, 3.8) is 0 Å². The van der Waals surface area contributed by atoms with Gasteiger partial charge in [-0.2, -0.15) is 0 Å². The third-order valence-electron chi connectivity index (χ3n) is 15.0. The molecule has 0 saturated carbocycles. The van der Waals surface area contributed by atoms with Crippen LogP contribution in [0.1, 0.15) is 92.8 Å². The molecule has 0 unspecified atom stereocenters. The molecular weight excluding hydrogens is 1160 g/mol. The summed E-state index contributed by atoms with van der Waals surface area (Å²) in [5, 5.41) is 11.0. The minimum Gasteiger partial charge on any atom is -0.488 e. The number of benzene rings is 10. The smallest absolute Gasteiger partial charge is 0.303 e. The monoisotopic (exact) mass is 1240 g/mol. The topological polar surface area (TPSA) is 137 Å². The van der Waals surface area contributed by atoms with Gasteiger partial charge in [-0.25, -0.2) is 0 Å². The van der Waals surface area contributed by atoms with Crippen molar-refractivity contribution in [2.75, 3.05) is 0 Å². The van der Waals surface area contributed by atoms with Crippen LogP contribution in [0.2, 0.25) is 0 Å². The number of halogens is 1. The first-order valence-corrected chi connectivity index (χ1v) is 30.6. The molecule has 12 rings (SSSR count). The Morgan fingerprint density at radius 1 is 0.396 bits per heavy atom. The summed E-state index contributed by atoms with van der Waals surface area (Å²) in [5.41, 5.74) is 11.8. The van der Waals surface area contributed by atoms with E-state index in [1.165, 1.54) is 13.8 Å². The molecule has 10 aromatic rings. The van der Waals surface area contributed by atoms with Crippen molar-refractivity contribution in [2.24, 2.45) is 0 Å². The minimum atomic E-state index is -0.766. The van der Waals surface area contributed by atoms with E-state index in [9.17, 15) is 14.7 Å². The third kappa shape index (κ3) is 18.5. The summed E-state index contributed by atoms with van der Waals surface area (Å²) in [4.78, 5) is 21.5. The molecule has 12 nitrogen and oxygen atoms in total. The lowest BCUT2D eigenvalue weighted by Gasteiger charge is -2.34. The Bertz CT molecular complexity index is 3940. The molecule has 0 aromatic heterocycles. The summed E-state index contributed by atoms with van der Waals surface area (Å²) >= 11 is 4.64. The van der Waals surface area contributed by atoms with Crippen LogP contribution in [0.15, 0.2) is 243 Å². The number of fused-ring (bicyclic) bond motifs is 2. The van der Waals surface area contributed by atoms with Crippen LogP contribution in [-0.2, 0) is 66.8 Å². The maximum absolute atomic E-state index is 12.3. The highest BCUT2D eigenvalue weighted by Crippen LogP contribution is 2.45. The van der Waals surface area contributed by atoms with E-state index in [0.29, 0.717) is 81.2 Å². The van der Waals surface area contributed by atoms with Gasteiger partial charge >= 0.3 is 5.97 Å². The number of aliphatic hydroxyl groups is 1. The molecule has 0 fully saturated rings. The van der Waals surface area contributed by atoms with Crippen LogP contribution in [0.25, 0.3) is 0 Å². The summed E-state index contributed by atoms with van der Waals surface area (Å²) < 4.78 is 56.5. The lowest BCUT2D eigenvalue weighted by atomic mass is 9.93. The summed E-state index contributed by atoms with van der Waals surface area (Å²) in [6.07, 6.45) is -1.61. The molecule has 1 N–H and O–H groups in total. The second-order valence-corrected chi connectivity index (χ2v) is 22.7. The Balaban J connectivity index is 0.000000189. The first-order chi connectivity index (χ1) is 44.4. The van der Waals surface area contributed by atoms with Gasteiger partial charge < -0.3 is 47.7 Å². The number of rotatable bonds is 21. The molecule has 464 valence electrons. The van der Waals surface area contributed by atoms with E-state index < -0.39 is 24.4 Å². The number of esters is 1. The quantitative estimate of drug-likeness (QED) is 0.0541. The maximum atomic E-state index is 12.3. The molecule has 0 aliphatic carbocycles. The van der Waals surface area contributed by atoms with Crippen molar-refractivity contribution in [3.05, 3.63) is 309 Å². The molecule has 91 heavy (non-hydrogen) atoms. The standard InChI is InChI=1S/C39H36O6.C37H34O5.C2H3ClO/c1-27-20-35(42-25-30-14-8-4-9-15-30)33-23-38(44-28(2)40)39(45-36(33)21-27)32-18-19-34(41-24-29-12-6-3-7-13-29)37(22-32)43-26-31-16-10-5-11-17-31;1-26-19-34(40-24-28-13-7-3-8-14-28)31-22-32(38)37(42-35(31)20-26)30-17-18-33(39-23-27-11-5-2-6-12-27)36(21-30)41-25-29-15-9-4-10-16-29;1-2(3)4/h3-22,38-39H,23-26H2,1-2H3;2-21,32,37-38H,22-25H2,1H3;1H3/t38-,39-;32-,37-;/m11./s1. The molecule has 10 aromatic carbocycles. The van der Waals surface area contributed by atoms with Gasteiger partial charge in [0, 0.05) is 43.4 Å². The molecule has 2 aliphatic rings. The zero-order chi connectivity index (χ0) is 63.3. The highest BCUT2D eigenvalue weighted by molar-refractivity contribution is 6.62. The number of aliphatic hydroxyl groups excluding tert-OH is 1. The van der Waals surface area contributed by atoms with Gasteiger partial charge in [-0.1, -0.05) is 194 Å². The average molecular weight is 1240 g/mol. The summed E-state index contributed by atoms with van der Waals surface area (Å²) in [5.74, 6) is 4.96. The Labute approximate surface area is 537 Å². The fraction of sp³-hybridized carbons (Fsp3) is 0.205. The molecule has 0 amide bonds. The second-order valence-electron chi connectivity index (χ2n) is 22.2. The normalized spacial score (nSPS) is 15.1. The summed E-state index contributed by atoms with van der Waals surface area (Å²) in [7, 11) is 0. The molecule has 0 bridgehead atoms. The Morgan fingerprint density at radius 3 is 1.03 bits per heavy atom. The van der Waals surface area contributed by atoms with E-state index in [2.05, 4.69) is 11.6 Å². The Morgan fingerprint density at radius 2 is 0.692 bits per heavy atom. The average Bonchev–Trinajstić information content (AvgIpc) is 1.07. The number of aryl methyl sites for hydroxylation is 2. The van der Waals surface area contributed by atoms with E-state index in [4.69, 9.17) is 42.6 Å². The van der Waals surface area contributed by atoms with Crippen LogP contribution in [-0.4, -0.2) is 28.5 Å². The van der Waals surface area contributed by atoms with Crippen molar-refractivity contribution in [1.82, 2.24) is 0 Å². The highest BCUT2D eigenvalue weighted by Gasteiger charge is 2.37. The van der Waals surface area contributed by atoms with Crippen molar-refractivity contribution in [2.45, 2.75) is 105 Å². The van der Waals surface area contributed by atoms with Crippen molar-refractivity contribution < 1.29 is 57.3 Å². The third-order valence-corrected chi connectivity index (χ3v) is 15.0. The van der Waals surface area contributed by atoms with Crippen LogP contribution in [0.3, 0.4) is 0 Å². The Kier molecular flexibility index (Phi) is 22.5. The first kappa shape index (κ1) is 64.0. The van der Waals surface area contributed by atoms with Crippen molar-refractivity contribution in [1.29, 1.82) is 0 Å². The van der Waals surface area contributed by atoms with Crippen LogP contribution in [0.4, 0.5) is 0 Å². The zero-order valence-electron chi connectivity index (χ0n) is 51.4. The number of ether oxygens (including phenoxy) is 9. The van der Waals surface area contributed by atoms with E-state index in [1.807, 2.05) is 257 Å². The summed E-state index contributed by atoms with van der Waals surface area (Å²) in [6, 6.07) is 79.7. The van der Waals surface area contributed by atoms with Crippen LogP contribution in [0, 0.1) is 13.8 Å². The minimum absolute atomic E-state index is 0.361. The summed E-state index contributed by atoms with van der Waals surface area (Å²) in [6.45, 7) is 9.20. The number of hydrogen-bond acceptors (Lipinski definition) is 12. The Hall–Kier alpha value is -10.0. The number of hydrogen-bond donors (Lipinski definition) is 1. The predicted octanol–water partition coefficient (Wildman–Crippen LogP) is 16.9. The molecule has 0 saturated heterocycles. The van der Waals surface area contributed by atoms with E-state index in [-0.39, 0.29) is 11.2 Å². The van der Waals surface area contributed by atoms with E-state index >= 15 is 0 Å². The van der Waals surface area contributed by atoms with E-state index in [0.717, 1.165) is 84.0 Å².